The van der Waals surface area contributed by atoms with Crippen LogP contribution in [0.2, 0.25) is 5.02 Å². The van der Waals surface area contributed by atoms with Gasteiger partial charge in [-0.2, -0.15) is 5.26 Å². The summed E-state index contributed by atoms with van der Waals surface area (Å²) < 4.78 is 1.52. The molecule has 0 saturated heterocycles. The standard InChI is InChI=1S/C20H17ClN4O2S2/c1-25-19(27)17-13-4-2-3-5-15(13)29-18(17)24-20(25)28-10-16(26)23-14-8-12(21)7-6-11(14)9-22/h6-8H,2-5,10H2,1H3,(H,23,26). The number of nitriles is 1. The van der Waals surface area contributed by atoms with E-state index in [1.165, 1.54) is 21.2 Å². The van der Waals surface area contributed by atoms with Crippen LogP contribution in [0.5, 0.6) is 0 Å². The van der Waals surface area contributed by atoms with Gasteiger partial charge in [0.25, 0.3) is 5.56 Å². The van der Waals surface area contributed by atoms with Gasteiger partial charge in [0.1, 0.15) is 10.9 Å². The van der Waals surface area contributed by atoms with E-state index in [9.17, 15) is 14.9 Å². The van der Waals surface area contributed by atoms with Crippen LogP contribution in [0, 0.1) is 11.3 Å². The number of thioether (sulfide) groups is 1. The molecule has 1 N–H and O–H groups in total. The summed E-state index contributed by atoms with van der Waals surface area (Å²) in [6.07, 6.45) is 4.19. The number of halogens is 1. The molecule has 9 heteroatoms. The Morgan fingerprint density at radius 3 is 3.00 bits per heavy atom. The van der Waals surface area contributed by atoms with Crippen LogP contribution in [0.25, 0.3) is 10.2 Å². The second kappa shape index (κ2) is 8.19. The van der Waals surface area contributed by atoms with Crippen molar-refractivity contribution in [2.75, 3.05) is 11.1 Å². The highest BCUT2D eigenvalue weighted by molar-refractivity contribution is 7.99. The highest BCUT2D eigenvalue weighted by Gasteiger charge is 2.21. The van der Waals surface area contributed by atoms with E-state index in [1.54, 1.807) is 36.6 Å². The number of nitrogens with one attached hydrogen (secondary N) is 1. The molecule has 0 saturated carbocycles. The van der Waals surface area contributed by atoms with Gasteiger partial charge < -0.3 is 5.32 Å². The van der Waals surface area contributed by atoms with Crippen LogP contribution in [0.4, 0.5) is 5.69 Å². The van der Waals surface area contributed by atoms with Crippen molar-refractivity contribution >= 4 is 56.5 Å². The van der Waals surface area contributed by atoms with Crippen molar-refractivity contribution in [3.63, 3.8) is 0 Å². The van der Waals surface area contributed by atoms with Crippen LogP contribution in [0.15, 0.2) is 28.2 Å². The minimum absolute atomic E-state index is 0.0566. The smallest absolute Gasteiger partial charge is 0.262 e. The predicted molar refractivity (Wildman–Crippen MR) is 117 cm³/mol. The molecule has 1 aromatic carbocycles. The molecule has 0 radical (unpaired) electrons. The lowest BCUT2D eigenvalue weighted by Crippen LogP contribution is -2.22. The van der Waals surface area contributed by atoms with E-state index in [1.807, 2.05) is 6.07 Å². The summed E-state index contributed by atoms with van der Waals surface area (Å²) in [5.41, 5.74) is 1.81. The fraction of sp³-hybridized carbons (Fsp3) is 0.300. The van der Waals surface area contributed by atoms with Crippen molar-refractivity contribution < 1.29 is 4.79 Å². The number of benzene rings is 1. The molecule has 3 aromatic rings. The Morgan fingerprint density at radius 2 is 2.21 bits per heavy atom. The van der Waals surface area contributed by atoms with E-state index < -0.39 is 0 Å². The van der Waals surface area contributed by atoms with Gasteiger partial charge in [-0.05, 0) is 49.4 Å². The summed E-state index contributed by atoms with van der Waals surface area (Å²) in [6.45, 7) is 0. The number of hydrogen-bond acceptors (Lipinski definition) is 6. The summed E-state index contributed by atoms with van der Waals surface area (Å²) in [7, 11) is 1.69. The molecule has 1 amide bonds. The quantitative estimate of drug-likeness (QED) is 0.482. The van der Waals surface area contributed by atoms with Crippen LogP contribution in [-0.4, -0.2) is 21.2 Å². The van der Waals surface area contributed by atoms with E-state index in [2.05, 4.69) is 10.3 Å². The SMILES string of the molecule is Cn1c(SCC(=O)Nc2cc(Cl)ccc2C#N)nc2sc3c(c2c1=O)CCCC3. The van der Waals surface area contributed by atoms with Gasteiger partial charge in [-0.15, -0.1) is 11.3 Å². The minimum Gasteiger partial charge on any atom is -0.324 e. The minimum atomic E-state index is -0.298. The van der Waals surface area contributed by atoms with Crippen LogP contribution < -0.4 is 10.9 Å². The number of rotatable bonds is 4. The number of nitrogens with zero attached hydrogens (tertiary/aromatic N) is 3. The summed E-state index contributed by atoms with van der Waals surface area (Å²) in [6, 6.07) is 6.72. The summed E-state index contributed by atoms with van der Waals surface area (Å²) in [5.74, 6) is -0.234. The topological polar surface area (TPSA) is 87.8 Å². The predicted octanol–water partition coefficient (Wildman–Crippen LogP) is 4.13. The number of aromatic nitrogens is 2. The highest BCUT2D eigenvalue weighted by Crippen LogP contribution is 2.34. The van der Waals surface area contributed by atoms with Gasteiger partial charge in [0.2, 0.25) is 5.91 Å². The van der Waals surface area contributed by atoms with E-state index in [-0.39, 0.29) is 17.2 Å². The lowest BCUT2D eigenvalue weighted by molar-refractivity contribution is -0.113. The normalized spacial score (nSPS) is 13.1. The van der Waals surface area contributed by atoms with Crippen LogP contribution >= 0.6 is 34.7 Å². The van der Waals surface area contributed by atoms with Gasteiger partial charge in [0.15, 0.2) is 5.16 Å². The number of anilines is 1. The van der Waals surface area contributed by atoms with Crippen molar-refractivity contribution in [2.45, 2.75) is 30.8 Å². The lowest BCUT2D eigenvalue weighted by atomic mass is 9.97. The molecule has 0 spiro atoms. The molecule has 0 bridgehead atoms. The Balaban J connectivity index is 1.55. The van der Waals surface area contributed by atoms with Crippen LogP contribution in [0.3, 0.4) is 0 Å². The van der Waals surface area contributed by atoms with Crippen molar-refractivity contribution in [3.05, 3.63) is 49.6 Å². The van der Waals surface area contributed by atoms with E-state index in [0.717, 1.165) is 41.5 Å². The molecule has 29 heavy (non-hydrogen) atoms. The van der Waals surface area contributed by atoms with E-state index >= 15 is 0 Å². The Labute approximate surface area is 180 Å². The summed E-state index contributed by atoms with van der Waals surface area (Å²) in [4.78, 5) is 32.0. The van der Waals surface area contributed by atoms with Crippen molar-refractivity contribution in [1.29, 1.82) is 5.26 Å². The monoisotopic (exact) mass is 444 g/mol. The number of amides is 1. The maximum atomic E-state index is 12.9. The Kier molecular flexibility index (Phi) is 5.63. The van der Waals surface area contributed by atoms with Crippen molar-refractivity contribution in [3.8, 4) is 6.07 Å². The first-order chi connectivity index (χ1) is 14.0. The zero-order chi connectivity index (χ0) is 20.5. The highest BCUT2D eigenvalue weighted by atomic mass is 35.5. The maximum Gasteiger partial charge on any atom is 0.262 e. The molecule has 1 aliphatic rings. The first kappa shape index (κ1) is 20.0. The molecule has 4 rings (SSSR count). The van der Waals surface area contributed by atoms with Crippen molar-refractivity contribution in [1.82, 2.24) is 9.55 Å². The molecule has 6 nitrogen and oxygen atoms in total. The molecular weight excluding hydrogens is 428 g/mol. The lowest BCUT2D eigenvalue weighted by Gasteiger charge is -2.11. The zero-order valence-electron chi connectivity index (χ0n) is 15.6. The average Bonchev–Trinajstić information content (AvgIpc) is 3.08. The second-order valence-electron chi connectivity index (χ2n) is 6.79. The molecule has 0 atom stereocenters. The number of thiophene rings is 1. The van der Waals surface area contributed by atoms with Gasteiger partial charge in [0, 0.05) is 16.9 Å². The first-order valence-corrected chi connectivity index (χ1v) is 11.3. The van der Waals surface area contributed by atoms with Gasteiger partial charge >= 0.3 is 0 Å². The third-order valence-electron chi connectivity index (χ3n) is 4.86. The number of carbonyl (C=O) groups is 1. The summed E-state index contributed by atoms with van der Waals surface area (Å²) in [5, 5.41) is 13.5. The average molecular weight is 445 g/mol. The molecular formula is C20H17ClN4O2S2. The van der Waals surface area contributed by atoms with Gasteiger partial charge in [-0.25, -0.2) is 4.98 Å². The Bertz CT molecular complexity index is 1230. The van der Waals surface area contributed by atoms with E-state index in [4.69, 9.17) is 11.6 Å². The van der Waals surface area contributed by atoms with E-state index in [0.29, 0.717) is 21.4 Å². The van der Waals surface area contributed by atoms with Gasteiger partial charge in [-0.3, -0.25) is 14.2 Å². The third-order valence-corrected chi connectivity index (χ3v) is 7.31. The van der Waals surface area contributed by atoms with Gasteiger partial charge in [0.05, 0.1) is 22.4 Å². The molecule has 0 aliphatic heterocycles. The molecule has 0 fully saturated rings. The Hall–Kier alpha value is -2.34. The third kappa shape index (κ3) is 3.90. The number of fused-ring (bicyclic) bond motifs is 3. The number of aryl methyl sites for hydroxylation is 2. The largest absolute Gasteiger partial charge is 0.324 e. The molecule has 2 heterocycles. The molecule has 0 unspecified atom stereocenters. The first-order valence-electron chi connectivity index (χ1n) is 9.11. The molecule has 2 aromatic heterocycles. The number of carbonyl (C=O) groups excluding carboxylic acids is 1. The van der Waals surface area contributed by atoms with Crippen LogP contribution in [0.1, 0.15) is 28.8 Å². The van der Waals surface area contributed by atoms with Crippen LogP contribution in [-0.2, 0) is 24.7 Å². The maximum absolute atomic E-state index is 12.9. The molecule has 148 valence electrons. The zero-order valence-corrected chi connectivity index (χ0v) is 18.0. The van der Waals surface area contributed by atoms with Gasteiger partial charge in [-0.1, -0.05) is 23.4 Å². The number of hydrogen-bond donors (Lipinski definition) is 1. The fourth-order valence-electron chi connectivity index (χ4n) is 3.43. The Morgan fingerprint density at radius 1 is 1.41 bits per heavy atom. The molecule has 1 aliphatic carbocycles. The van der Waals surface area contributed by atoms with Crippen molar-refractivity contribution in [2.24, 2.45) is 7.05 Å². The summed E-state index contributed by atoms with van der Waals surface area (Å²) >= 11 is 8.74. The second-order valence-corrected chi connectivity index (χ2v) is 9.25. The fourth-order valence-corrected chi connectivity index (χ4v) is 5.68.